The zero-order valence-corrected chi connectivity index (χ0v) is 14.0. The molecule has 1 amide bonds. The van der Waals surface area contributed by atoms with Gasteiger partial charge in [0, 0.05) is 36.5 Å². The lowest BCUT2D eigenvalue weighted by Crippen LogP contribution is -2.44. The Morgan fingerprint density at radius 3 is 2.84 bits per heavy atom. The Labute approximate surface area is 144 Å². The van der Waals surface area contributed by atoms with Crippen LogP contribution in [-0.2, 0) is 11.2 Å². The molecule has 0 saturated carbocycles. The number of carbonyl (C=O) groups excluding carboxylic acids is 1. The van der Waals surface area contributed by atoms with Crippen molar-refractivity contribution in [3.05, 3.63) is 41.7 Å². The fraction of sp³-hybridized carbons (Fsp3) is 0.421. The number of amides is 1. The third-order valence-electron chi connectivity index (χ3n) is 4.62. The summed E-state index contributed by atoms with van der Waals surface area (Å²) in [7, 11) is 0. The van der Waals surface area contributed by atoms with E-state index in [-0.39, 0.29) is 18.9 Å². The quantitative estimate of drug-likeness (QED) is 0.744. The Morgan fingerprint density at radius 2 is 2.12 bits per heavy atom. The summed E-state index contributed by atoms with van der Waals surface area (Å²) in [6.07, 6.45) is -0.109. The fourth-order valence-corrected chi connectivity index (χ4v) is 3.27. The predicted molar refractivity (Wildman–Crippen MR) is 90.0 cm³/mol. The molecule has 3 nitrogen and oxygen atoms in total. The Kier molecular flexibility index (Phi) is 4.88. The van der Waals surface area contributed by atoms with Crippen molar-refractivity contribution in [3.8, 4) is 0 Å². The second kappa shape index (κ2) is 6.94. The van der Waals surface area contributed by atoms with E-state index in [4.69, 9.17) is 4.42 Å². The van der Waals surface area contributed by atoms with Crippen LogP contribution in [0.5, 0.6) is 0 Å². The molecule has 0 N–H and O–H groups in total. The lowest BCUT2D eigenvalue weighted by Gasteiger charge is -2.33. The van der Waals surface area contributed by atoms with Gasteiger partial charge in [0.25, 0.3) is 0 Å². The molecule has 0 aliphatic carbocycles. The molecule has 3 rings (SSSR count). The summed E-state index contributed by atoms with van der Waals surface area (Å²) in [6, 6.07) is 7.51. The lowest BCUT2D eigenvalue weighted by atomic mass is 9.97. The van der Waals surface area contributed by atoms with E-state index >= 15 is 0 Å². The number of carbonyl (C=O) groups is 1. The Balaban J connectivity index is 1.79. The largest absolute Gasteiger partial charge is 0.460 e. The van der Waals surface area contributed by atoms with E-state index in [2.05, 4.69) is 0 Å². The third kappa shape index (κ3) is 3.72. The van der Waals surface area contributed by atoms with Crippen molar-refractivity contribution in [2.24, 2.45) is 5.92 Å². The molecule has 6 heteroatoms. The van der Waals surface area contributed by atoms with E-state index in [0.717, 1.165) is 22.3 Å². The highest BCUT2D eigenvalue weighted by Gasteiger charge is 2.42. The third-order valence-corrected chi connectivity index (χ3v) is 4.62. The van der Waals surface area contributed by atoms with Gasteiger partial charge in [0.1, 0.15) is 11.3 Å². The summed E-state index contributed by atoms with van der Waals surface area (Å²) < 4.78 is 44.4. The van der Waals surface area contributed by atoms with Crippen LogP contribution < -0.4 is 0 Å². The molecule has 1 aliphatic heterocycles. The highest BCUT2D eigenvalue weighted by molar-refractivity contribution is 5.96. The number of nitrogens with zero attached hydrogens (tertiary/aromatic N) is 1. The van der Waals surface area contributed by atoms with E-state index in [1.165, 1.54) is 11.0 Å². The van der Waals surface area contributed by atoms with Gasteiger partial charge in [0.05, 0.1) is 5.92 Å². The number of rotatable bonds is 3. The average molecular weight is 351 g/mol. The molecule has 0 bridgehead atoms. The van der Waals surface area contributed by atoms with Gasteiger partial charge >= 0.3 is 6.18 Å². The summed E-state index contributed by atoms with van der Waals surface area (Å²) in [5.74, 6) is -1.06. The van der Waals surface area contributed by atoms with Gasteiger partial charge in [0.15, 0.2) is 0 Å². The first kappa shape index (κ1) is 17.6. The molecule has 1 fully saturated rings. The minimum absolute atomic E-state index is 0.0867. The standard InChI is InChI=1S/C19H20F3NO2/c1-2-16-15(14-7-3-4-8-17(14)25-16)9-10-18(24)23-11-5-6-13(12-23)19(20,21)22/h3-4,7-10,13H,2,5-6,11-12H2,1H3/b10-9+. The summed E-state index contributed by atoms with van der Waals surface area (Å²) in [6.45, 7) is 2.05. The molecular formula is C19H20F3NO2. The summed E-state index contributed by atoms with van der Waals surface area (Å²) in [5, 5.41) is 0.898. The Bertz CT molecular complexity index is 792. The minimum Gasteiger partial charge on any atom is -0.460 e. The Hall–Kier alpha value is -2.24. The normalized spacial score (nSPS) is 19.0. The number of benzene rings is 1. The molecule has 1 aromatic heterocycles. The number of likely N-dealkylation sites (tertiary alicyclic amines) is 1. The van der Waals surface area contributed by atoms with Gasteiger partial charge in [-0.1, -0.05) is 25.1 Å². The van der Waals surface area contributed by atoms with Gasteiger partial charge in [-0.2, -0.15) is 13.2 Å². The van der Waals surface area contributed by atoms with Crippen molar-refractivity contribution < 1.29 is 22.4 Å². The van der Waals surface area contributed by atoms with Crippen LogP contribution in [0.25, 0.3) is 17.0 Å². The zero-order valence-electron chi connectivity index (χ0n) is 14.0. The lowest BCUT2D eigenvalue weighted by molar-refractivity contribution is -0.187. The number of aryl methyl sites for hydroxylation is 1. The minimum atomic E-state index is -4.25. The highest BCUT2D eigenvalue weighted by Crippen LogP contribution is 2.33. The average Bonchev–Trinajstić information content (AvgIpc) is 2.97. The molecule has 1 aromatic carbocycles. The first-order valence-electron chi connectivity index (χ1n) is 8.44. The van der Waals surface area contributed by atoms with Gasteiger partial charge < -0.3 is 9.32 Å². The van der Waals surface area contributed by atoms with Crippen LogP contribution in [0.1, 0.15) is 31.1 Å². The smallest absolute Gasteiger partial charge is 0.393 e. The van der Waals surface area contributed by atoms with Gasteiger partial charge in [-0.05, 0) is 25.0 Å². The predicted octanol–water partition coefficient (Wildman–Crippen LogP) is 4.81. The number of para-hydroxylation sites is 1. The van der Waals surface area contributed by atoms with Crippen LogP contribution in [0.3, 0.4) is 0 Å². The second-order valence-corrected chi connectivity index (χ2v) is 6.29. The topological polar surface area (TPSA) is 33.5 Å². The maximum absolute atomic E-state index is 12.9. The number of furan rings is 1. The molecule has 2 aromatic rings. The van der Waals surface area contributed by atoms with Crippen LogP contribution in [-0.4, -0.2) is 30.1 Å². The number of hydrogen-bond acceptors (Lipinski definition) is 2. The van der Waals surface area contributed by atoms with Gasteiger partial charge in [0.2, 0.25) is 5.91 Å². The molecule has 1 atom stereocenters. The van der Waals surface area contributed by atoms with Crippen LogP contribution in [0.15, 0.2) is 34.8 Å². The van der Waals surface area contributed by atoms with E-state index < -0.39 is 12.1 Å². The summed E-state index contributed by atoms with van der Waals surface area (Å²) >= 11 is 0. The first-order chi connectivity index (χ1) is 11.9. The maximum Gasteiger partial charge on any atom is 0.393 e. The number of halogens is 3. The van der Waals surface area contributed by atoms with Crippen molar-refractivity contribution in [2.45, 2.75) is 32.4 Å². The van der Waals surface area contributed by atoms with E-state index in [1.807, 2.05) is 31.2 Å². The van der Waals surface area contributed by atoms with Gasteiger partial charge in [-0.15, -0.1) is 0 Å². The van der Waals surface area contributed by atoms with Crippen LogP contribution >= 0.6 is 0 Å². The molecule has 25 heavy (non-hydrogen) atoms. The second-order valence-electron chi connectivity index (χ2n) is 6.29. The number of alkyl halides is 3. The van der Waals surface area contributed by atoms with Crippen LogP contribution in [0.4, 0.5) is 13.2 Å². The van der Waals surface area contributed by atoms with Crippen molar-refractivity contribution in [1.29, 1.82) is 0 Å². The first-order valence-corrected chi connectivity index (χ1v) is 8.44. The molecule has 1 aliphatic rings. The SMILES string of the molecule is CCc1oc2ccccc2c1/C=C/C(=O)N1CCCC(C(F)(F)F)C1. The zero-order chi connectivity index (χ0) is 18.0. The number of hydrogen-bond donors (Lipinski definition) is 0. The van der Waals surface area contributed by atoms with Crippen molar-refractivity contribution >= 4 is 23.0 Å². The maximum atomic E-state index is 12.9. The molecule has 0 spiro atoms. The molecule has 134 valence electrons. The molecule has 0 radical (unpaired) electrons. The van der Waals surface area contributed by atoms with Crippen LogP contribution in [0, 0.1) is 5.92 Å². The van der Waals surface area contributed by atoms with Crippen molar-refractivity contribution in [1.82, 2.24) is 4.90 Å². The Morgan fingerprint density at radius 1 is 1.36 bits per heavy atom. The number of piperidine rings is 1. The molecule has 1 saturated heterocycles. The molecular weight excluding hydrogens is 331 g/mol. The van der Waals surface area contributed by atoms with Crippen molar-refractivity contribution in [3.63, 3.8) is 0 Å². The van der Waals surface area contributed by atoms with Crippen LogP contribution in [0.2, 0.25) is 0 Å². The van der Waals surface area contributed by atoms with Gasteiger partial charge in [-0.25, -0.2) is 0 Å². The highest BCUT2D eigenvalue weighted by atomic mass is 19.4. The number of fused-ring (bicyclic) bond motifs is 1. The summed E-state index contributed by atoms with van der Waals surface area (Å²) in [5.41, 5.74) is 1.55. The van der Waals surface area contributed by atoms with E-state index in [0.29, 0.717) is 19.4 Å². The van der Waals surface area contributed by atoms with E-state index in [9.17, 15) is 18.0 Å². The van der Waals surface area contributed by atoms with Gasteiger partial charge in [-0.3, -0.25) is 4.79 Å². The van der Waals surface area contributed by atoms with Crippen molar-refractivity contribution in [2.75, 3.05) is 13.1 Å². The monoisotopic (exact) mass is 351 g/mol. The summed E-state index contributed by atoms with van der Waals surface area (Å²) in [4.78, 5) is 13.6. The molecule has 2 heterocycles. The molecule has 1 unspecified atom stereocenters. The fourth-order valence-electron chi connectivity index (χ4n) is 3.27. The van der Waals surface area contributed by atoms with E-state index in [1.54, 1.807) is 6.08 Å².